The Hall–Kier alpha value is -1.83. The van der Waals surface area contributed by atoms with Gasteiger partial charge in [-0.15, -0.1) is 0 Å². The van der Waals surface area contributed by atoms with Crippen molar-refractivity contribution in [1.29, 1.82) is 5.41 Å². The predicted octanol–water partition coefficient (Wildman–Crippen LogP) is 3.72. The third kappa shape index (κ3) is 6.60. The highest BCUT2D eigenvalue weighted by atomic mass is 14.8. The fraction of sp³-hybridized carbons (Fsp3) is 0.214. The summed E-state index contributed by atoms with van der Waals surface area (Å²) in [6.07, 6.45) is 13.1. The highest BCUT2D eigenvalue weighted by Crippen LogP contribution is 2.05. The Labute approximate surface area is 98.3 Å². The molecule has 0 fully saturated rings. The molecule has 86 valence electrons. The van der Waals surface area contributed by atoms with Gasteiger partial charge in [0.1, 0.15) is 0 Å². The maximum atomic E-state index is 7.33. The second kappa shape index (κ2) is 8.48. The van der Waals surface area contributed by atoms with Crippen molar-refractivity contribution in [2.45, 2.75) is 20.8 Å². The van der Waals surface area contributed by atoms with E-state index in [1.165, 1.54) is 0 Å². The Balaban J connectivity index is 4.94. The molecular formula is C14H20N2. The fourth-order valence-electron chi connectivity index (χ4n) is 0.971. The zero-order valence-electron chi connectivity index (χ0n) is 10.2. The number of hydrogen-bond acceptors (Lipinski definition) is 2. The van der Waals surface area contributed by atoms with Gasteiger partial charge < -0.3 is 10.7 Å². The third-order valence-corrected chi connectivity index (χ3v) is 1.81. The molecule has 0 aromatic rings. The van der Waals surface area contributed by atoms with Crippen molar-refractivity contribution in [1.82, 2.24) is 5.32 Å². The lowest BCUT2D eigenvalue weighted by atomic mass is 10.2. The van der Waals surface area contributed by atoms with Gasteiger partial charge in [-0.3, -0.25) is 0 Å². The molecule has 0 radical (unpaired) electrons. The Bertz CT molecular complexity index is 355. The molecule has 0 bridgehead atoms. The lowest BCUT2D eigenvalue weighted by molar-refractivity contribution is 1.08. The van der Waals surface area contributed by atoms with Crippen molar-refractivity contribution in [3.63, 3.8) is 0 Å². The molecule has 0 saturated heterocycles. The van der Waals surface area contributed by atoms with Gasteiger partial charge in [-0.1, -0.05) is 30.9 Å². The van der Waals surface area contributed by atoms with E-state index in [4.69, 9.17) is 5.41 Å². The molecule has 0 spiro atoms. The van der Waals surface area contributed by atoms with Gasteiger partial charge in [0.15, 0.2) is 0 Å². The van der Waals surface area contributed by atoms with E-state index < -0.39 is 0 Å². The molecule has 0 amide bonds. The molecule has 16 heavy (non-hydrogen) atoms. The summed E-state index contributed by atoms with van der Waals surface area (Å²) >= 11 is 0. The van der Waals surface area contributed by atoms with Gasteiger partial charge in [0.25, 0.3) is 0 Å². The van der Waals surface area contributed by atoms with Gasteiger partial charge in [-0.05, 0) is 44.7 Å². The van der Waals surface area contributed by atoms with Crippen LogP contribution in [0.3, 0.4) is 0 Å². The van der Waals surface area contributed by atoms with Crippen molar-refractivity contribution in [3.05, 3.63) is 60.5 Å². The molecule has 0 heterocycles. The van der Waals surface area contributed by atoms with Crippen LogP contribution in [0.5, 0.6) is 0 Å². The van der Waals surface area contributed by atoms with E-state index in [0.717, 1.165) is 11.3 Å². The number of allylic oxidation sites excluding steroid dienone is 7. The summed E-state index contributed by atoms with van der Waals surface area (Å²) in [4.78, 5) is 0. The minimum atomic E-state index is 0.539. The Morgan fingerprint density at radius 2 is 1.88 bits per heavy atom. The molecule has 2 nitrogen and oxygen atoms in total. The molecule has 2 N–H and O–H groups in total. The van der Waals surface area contributed by atoms with Crippen molar-refractivity contribution in [2.24, 2.45) is 0 Å². The van der Waals surface area contributed by atoms with E-state index in [0.29, 0.717) is 5.71 Å². The number of rotatable bonds is 6. The summed E-state index contributed by atoms with van der Waals surface area (Å²) in [6, 6.07) is 0. The van der Waals surface area contributed by atoms with Gasteiger partial charge in [0.2, 0.25) is 0 Å². The lowest BCUT2D eigenvalue weighted by Gasteiger charge is -2.04. The summed E-state index contributed by atoms with van der Waals surface area (Å²) < 4.78 is 0. The summed E-state index contributed by atoms with van der Waals surface area (Å²) in [5.41, 5.74) is 2.61. The van der Waals surface area contributed by atoms with Crippen LogP contribution in [0.2, 0.25) is 0 Å². The largest absolute Gasteiger partial charge is 0.362 e. The first-order valence-corrected chi connectivity index (χ1v) is 5.22. The zero-order valence-corrected chi connectivity index (χ0v) is 10.2. The second-order valence-corrected chi connectivity index (χ2v) is 3.35. The van der Waals surface area contributed by atoms with Crippen LogP contribution < -0.4 is 5.32 Å². The first-order valence-electron chi connectivity index (χ1n) is 5.22. The fourth-order valence-corrected chi connectivity index (χ4v) is 0.971. The van der Waals surface area contributed by atoms with E-state index in [1.807, 2.05) is 44.4 Å². The quantitative estimate of drug-likeness (QED) is 0.515. The monoisotopic (exact) mass is 216 g/mol. The van der Waals surface area contributed by atoms with Crippen LogP contribution in [-0.2, 0) is 0 Å². The van der Waals surface area contributed by atoms with Gasteiger partial charge in [-0.2, -0.15) is 0 Å². The Kier molecular flexibility index (Phi) is 7.51. The van der Waals surface area contributed by atoms with Crippen molar-refractivity contribution < 1.29 is 0 Å². The van der Waals surface area contributed by atoms with Gasteiger partial charge in [-0.25, -0.2) is 0 Å². The van der Waals surface area contributed by atoms with Gasteiger partial charge in [0.05, 0.1) is 0 Å². The minimum absolute atomic E-state index is 0.539. The first-order chi connectivity index (χ1) is 7.61. The van der Waals surface area contributed by atoms with Crippen LogP contribution in [0.25, 0.3) is 0 Å². The highest BCUT2D eigenvalue weighted by molar-refractivity contribution is 5.90. The van der Waals surface area contributed by atoms with E-state index in [9.17, 15) is 0 Å². The van der Waals surface area contributed by atoms with Crippen LogP contribution >= 0.6 is 0 Å². The number of hydrogen-bond donors (Lipinski definition) is 2. The Morgan fingerprint density at radius 1 is 1.19 bits per heavy atom. The lowest BCUT2D eigenvalue weighted by Crippen LogP contribution is -2.04. The molecule has 0 saturated carbocycles. The van der Waals surface area contributed by atoms with Gasteiger partial charge >= 0.3 is 0 Å². The smallest absolute Gasteiger partial charge is 0.0409 e. The highest BCUT2D eigenvalue weighted by Gasteiger charge is 1.93. The summed E-state index contributed by atoms with van der Waals surface area (Å²) in [6.45, 7) is 9.34. The first kappa shape index (κ1) is 14.2. The second-order valence-electron chi connectivity index (χ2n) is 3.35. The van der Waals surface area contributed by atoms with Crippen LogP contribution in [0, 0.1) is 5.41 Å². The van der Waals surface area contributed by atoms with Crippen LogP contribution in [0.1, 0.15) is 20.8 Å². The molecule has 0 rings (SSSR count). The van der Waals surface area contributed by atoms with Crippen LogP contribution in [-0.4, -0.2) is 5.71 Å². The Morgan fingerprint density at radius 3 is 2.38 bits per heavy atom. The molecular weight excluding hydrogens is 196 g/mol. The molecule has 0 unspecified atom stereocenters. The van der Waals surface area contributed by atoms with Gasteiger partial charge in [0, 0.05) is 11.4 Å². The van der Waals surface area contributed by atoms with E-state index >= 15 is 0 Å². The molecule has 2 heteroatoms. The van der Waals surface area contributed by atoms with E-state index in [-0.39, 0.29) is 0 Å². The van der Waals surface area contributed by atoms with E-state index in [1.54, 1.807) is 19.1 Å². The van der Waals surface area contributed by atoms with E-state index in [2.05, 4.69) is 11.9 Å². The molecule has 0 aliphatic carbocycles. The average molecular weight is 216 g/mol. The minimum Gasteiger partial charge on any atom is -0.362 e. The molecule has 0 aliphatic heterocycles. The molecule has 0 aromatic heterocycles. The maximum absolute atomic E-state index is 7.33. The molecule has 0 atom stereocenters. The number of nitrogens with one attached hydrogen (secondary N) is 2. The standard InChI is InChI=1S/C14H20N2/c1-5-7-8-14(16-11-6-2)12(3)9-10-13(4)15/h5-11,15-16H,1H2,2-4H3/b8-7-,10-9-,11-6-,14-12-,15-13?. The topological polar surface area (TPSA) is 35.9 Å². The SMILES string of the molecule is C=C\C=C/C(N/C=C\C)=C(C)/C=C\C(C)=N. The molecule has 0 aromatic carbocycles. The van der Waals surface area contributed by atoms with Crippen molar-refractivity contribution in [2.75, 3.05) is 0 Å². The molecule has 0 aliphatic rings. The zero-order chi connectivity index (χ0) is 12.4. The summed E-state index contributed by atoms with van der Waals surface area (Å²) in [5, 5.41) is 10.5. The van der Waals surface area contributed by atoms with Crippen LogP contribution in [0.4, 0.5) is 0 Å². The maximum Gasteiger partial charge on any atom is 0.0409 e. The summed E-state index contributed by atoms with van der Waals surface area (Å²) in [5.74, 6) is 0. The van der Waals surface area contributed by atoms with Crippen molar-refractivity contribution in [3.8, 4) is 0 Å². The normalized spacial score (nSPS) is 13.4. The predicted molar refractivity (Wildman–Crippen MR) is 72.5 cm³/mol. The average Bonchev–Trinajstić information content (AvgIpc) is 2.26. The van der Waals surface area contributed by atoms with Crippen molar-refractivity contribution >= 4 is 5.71 Å². The third-order valence-electron chi connectivity index (χ3n) is 1.81. The summed E-state index contributed by atoms with van der Waals surface area (Å²) in [7, 11) is 0. The van der Waals surface area contributed by atoms with Crippen LogP contribution in [0.15, 0.2) is 60.5 Å².